The summed E-state index contributed by atoms with van der Waals surface area (Å²) in [5.41, 5.74) is 1.12. The molecule has 1 N–H and O–H groups in total. The van der Waals surface area contributed by atoms with Gasteiger partial charge in [-0.2, -0.15) is 0 Å². The molecule has 0 radical (unpaired) electrons. The van der Waals surface area contributed by atoms with Crippen LogP contribution in [0.3, 0.4) is 0 Å². The fourth-order valence-corrected chi connectivity index (χ4v) is 4.80. The zero-order chi connectivity index (χ0) is 15.2. The van der Waals surface area contributed by atoms with Gasteiger partial charge in [0.1, 0.15) is 23.1 Å². The summed E-state index contributed by atoms with van der Waals surface area (Å²) in [6, 6.07) is 5.37. The van der Waals surface area contributed by atoms with E-state index in [-0.39, 0.29) is 21.9 Å². The van der Waals surface area contributed by atoms with Gasteiger partial charge in [-0.3, -0.25) is 4.31 Å². The number of benzene rings is 1. The van der Waals surface area contributed by atoms with Gasteiger partial charge in [0, 0.05) is 12.6 Å². The number of sulfonamides is 1. The maximum absolute atomic E-state index is 13.4. The molecule has 0 amide bonds. The SMILES string of the molecule is O=S(=O)(c1cc(CO)oc1Br)N1CCc2ccc(F)cc21. The molecule has 0 spiro atoms. The van der Waals surface area contributed by atoms with Crippen molar-refractivity contribution < 1.29 is 22.3 Å². The third-order valence-electron chi connectivity index (χ3n) is 3.33. The number of aliphatic hydroxyl groups excluding tert-OH is 1. The number of aliphatic hydroxyl groups is 1. The topological polar surface area (TPSA) is 70.8 Å². The van der Waals surface area contributed by atoms with Gasteiger partial charge in [0.2, 0.25) is 0 Å². The number of halogens is 2. The third-order valence-corrected chi connectivity index (χ3v) is 6.00. The normalized spacial score (nSPS) is 14.5. The zero-order valence-electron chi connectivity index (χ0n) is 10.7. The van der Waals surface area contributed by atoms with E-state index < -0.39 is 22.4 Å². The molecule has 3 rings (SSSR count). The average molecular weight is 376 g/mol. The first-order chi connectivity index (χ1) is 9.93. The van der Waals surface area contributed by atoms with Crippen LogP contribution in [0.5, 0.6) is 0 Å². The predicted octanol–water partition coefficient (Wildman–Crippen LogP) is 2.42. The van der Waals surface area contributed by atoms with Crippen molar-refractivity contribution in [2.24, 2.45) is 0 Å². The smallest absolute Gasteiger partial charge is 0.268 e. The fourth-order valence-electron chi connectivity index (χ4n) is 2.34. The highest BCUT2D eigenvalue weighted by molar-refractivity contribution is 9.10. The molecule has 8 heteroatoms. The Morgan fingerprint density at radius 3 is 2.81 bits per heavy atom. The Hall–Kier alpha value is -1.38. The zero-order valence-corrected chi connectivity index (χ0v) is 13.1. The molecule has 5 nitrogen and oxygen atoms in total. The number of fused-ring (bicyclic) bond motifs is 1. The van der Waals surface area contributed by atoms with Crippen LogP contribution in [0.15, 0.2) is 38.2 Å². The van der Waals surface area contributed by atoms with E-state index in [0.717, 1.165) is 9.87 Å². The molecule has 2 aromatic rings. The first-order valence-corrected chi connectivity index (χ1v) is 8.37. The van der Waals surface area contributed by atoms with E-state index in [4.69, 9.17) is 9.52 Å². The van der Waals surface area contributed by atoms with Gasteiger partial charge in [0.05, 0.1) is 5.69 Å². The Morgan fingerprint density at radius 1 is 1.38 bits per heavy atom. The van der Waals surface area contributed by atoms with Gasteiger partial charge in [0.15, 0.2) is 4.67 Å². The Bertz CT molecular complexity index is 802. The summed E-state index contributed by atoms with van der Waals surface area (Å²) in [5, 5.41) is 9.03. The Morgan fingerprint density at radius 2 is 2.14 bits per heavy atom. The van der Waals surface area contributed by atoms with E-state index in [1.807, 2.05) is 0 Å². The van der Waals surface area contributed by atoms with Crippen molar-refractivity contribution in [1.29, 1.82) is 0 Å². The van der Waals surface area contributed by atoms with Crippen LogP contribution in [0.25, 0.3) is 0 Å². The number of nitrogens with zero attached hydrogens (tertiary/aromatic N) is 1. The molecule has 0 bridgehead atoms. The molecule has 0 aliphatic carbocycles. The van der Waals surface area contributed by atoms with Crippen LogP contribution in [-0.2, 0) is 23.1 Å². The van der Waals surface area contributed by atoms with Gasteiger partial charge < -0.3 is 9.52 Å². The fraction of sp³-hybridized carbons (Fsp3) is 0.231. The quantitative estimate of drug-likeness (QED) is 0.893. The third kappa shape index (κ3) is 2.37. The summed E-state index contributed by atoms with van der Waals surface area (Å²) in [5.74, 6) is -0.350. The van der Waals surface area contributed by atoms with Gasteiger partial charge in [0.25, 0.3) is 10.0 Å². The highest BCUT2D eigenvalue weighted by Gasteiger charge is 2.34. The van der Waals surface area contributed by atoms with Crippen molar-refractivity contribution >= 4 is 31.6 Å². The van der Waals surface area contributed by atoms with Gasteiger partial charge >= 0.3 is 0 Å². The standard InChI is InChI=1S/C13H11BrFNO4S/c14-13-12(6-10(7-17)20-13)21(18,19)16-4-3-8-1-2-9(15)5-11(8)16/h1-2,5-6,17H,3-4,7H2. The molecule has 112 valence electrons. The van der Waals surface area contributed by atoms with Crippen molar-refractivity contribution in [3.05, 3.63) is 46.1 Å². The molecule has 0 atom stereocenters. The van der Waals surface area contributed by atoms with E-state index >= 15 is 0 Å². The Balaban J connectivity index is 2.09. The van der Waals surface area contributed by atoms with Gasteiger partial charge in [-0.25, -0.2) is 12.8 Å². The average Bonchev–Trinajstić information content (AvgIpc) is 3.02. The summed E-state index contributed by atoms with van der Waals surface area (Å²) < 4.78 is 45.0. The maximum atomic E-state index is 13.4. The highest BCUT2D eigenvalue weighted by Crippen LogP contribution is 2.36. The molecule has 1 aliphatic rings. The first-order valence-electron chi connectivity index (χ1n) is 6.13. The van der Waals surface area contributed by atoms with Crippen LogP contribution >= 0.6 is 15.9 Å². The van der Waals surface area contributed by atoms with Crippen LogP contribution in [0.1, 0.15) is 11.3 Å². The van der Waals surface area contributed by atoms with Crippen LogP contribution in [0, 0.1) is 5.82 Å². The van der Waals surface area contributed by atoms with E-state index in [2.05, 4.69) is 15.9 Å². The second-order valence-electron chi connectivity index (χ2n) is 4.61. The van der Waals surface area contributed by atoms with Crippen LogP contribution in [0.2, 0.25) is 0 Å². The lowest BCUT2D eigenvalue weighted by molar-refractivity contribution is 0.245. The monoisotopic (exact) mass is 375 g/mol. The molecule has 2 heterocycles. The highest BCUT2D eigenvalue weighted by atomic mass is 79.9. The number of furan rings is 1. The first kappa shape index (κ1) is 14.6. The number of anilines is 1. The minimum absolute atomic E-state index is 0.0244. The molecule has 21 heavy (non-hydrogen) atoms. The minimum atomic E-state index is -3.87. The molecule has 0 fully saturated rings. The summed E-state index contributed by atoms with van der Waals surface area (Å²) in [4.78, 5) is -0.0799. The van der Waals surface area contributed by atoms with Gasteiger partial charge in [-0.1, -0.05) is 6.07 Å². The lowest BCUT2D eigenvalue weighted by Crippen LogP contribution is -2.29. The molecule has 0 saturated heterocycles. The van der Waals surface area contributed by atoms with Crippen molar-refractivity contribution in [3.63, 3.8) is 0 Å². The summed E-state index contributed by atoms with van der Waals surface area (Å²) in [6.07, 6.45) is 0.525. The van der Waals surface area contributed by atoms with E-state index in [9.17, 15) is 12.8 Å². The van der Waals surface area contributed by atoms with Crippen molar-refractivity contribution in [2.45, 2.75) is 17.9 Å². The lowest BCUT2D eigenvalue weighted by atomic mass is 10.2. The molecule has 0 unspecified atom stereocenters. The van der Waals surface area contributed by atoms with E-state index in [1.165, 1.54) is 18.2 Å². The van der Waals surface area contributed by atoms with Crippen molar-refractivity contribution in [1.82, 2.24) is 0 Å². The molecular formula is C13H11BrFNO4S. The largest absolute Gasteiger partial charge is 0.450 e. The molecule has 0 saturated carbocycles. The van der Waals surface area contributed by atoms with E-state index in [1.54, 1.807) is 6.07 Å². The molecular weight excluding hydrogens is 365 g/mol. The van der Waals surface area contributed by atoms with Crippen LogP contribution < -0.4 is 4.31 Å². The number of rotatable bonds is 3. The summed E-state index contributed by atoms with van der Waals surface area (Å²) in [7, 11) is -3.87. The number of hydrogen-bond donors (Lipinski definition) is 1. The van der Waals surface area contributed by atoms with Crippen LogP contribution in [0.4, 0.5) is 10.1 Å². The second kappa shape index (κ2) is 5.11. The molecule has 1 aromatic heterocycles. The van der Waals surface area contributed by atoms with E-state index in [0.29, 0.717) is 12.1 Å². The van der Waals surface area contributed by atoms with Gasteiger partial charge in [-0.05, 0) is 40.0 Å². The minimum Gasteiger partial charge on any atom is -0.450 e. The number of hydrogen-bond acceptors (Lipinski definition) is 4. The maximum Gasteiger partial charge on any atom is 0.268 e. The lowest BCUT2D eigenvalue weighted by Gasteiger charge is -2.18. The van der Waals surface area contributed by atoms with Gasteiger partial charge in [-0.15, -0.1) is 0 Å². The Labute approximate surface area is 129 Å². The van der Waals surface area contributed by atoms with Crippen molar-refractivity contribution in [3.8, 4) is 0 Å². The Kier molecular flexibility index (Phi) is 3.54. The second-order valence-corrected chi connectivity index (χ2v) is 7.16. The summed E-state index contributed by atoms with van der Waals surface area (Å²) in [6.45, 7) is -0.160. The van der Waals surface area contributed by atoms with Crippen molar-refractivity contribution in [2.75, 3.05) is 10.8 Å². The summed E-state index contributed by atoms with van der Waals surface area (Å²) >= 11 is 3.04. The molecule has 1 aromatic carbocycles. The van der Waals surface area contributed by atoms with Crippen LogP contribution in [-0.4, -0.2) is 20.1 Å². The predicted molar refractivity (Wildman–Crippen MR) is 77.0 cm³/mol. The molecule has 1 aliphatic heterocycles.